The third-order valence-corrected chi connectivity index (χ3v) is 6.25. The molecule has 0 spiro atoms. The van der Waals surface area contributed by atoms with Gasteiger partial charge in [-0.15, -0.1) is 10.2 Å². The molecule has 4 rings (SSSR count). The normalized spacial score (nSPS) is 13.7. The van der Waals surface area contributed by atoms with Gasteiger partial charge in [0.05, 0.1) is 33.8 Å². The monoisotopic (exact) mass is 494 g/mol. The number of nitrogens with zero attached hydrogens (tertiary/aromatic N) is 4. The van der Waals surface area contributed by atoms with E-state index in [0.717, 1.165) is 48.2 Å². The summed E-state index contributed by atoms with van der Waals surface area (Å²) in [6, 6.07) is 11.6. The number of carbonyl (C=O) groups excluding carboxylic acids is 1. The van der Waals surface area contributed by atoms with Gasteiger partial charge in [-0.3, -0.25) is 4.90 Å². The van der Waals surface area contributed by atoms with E-state index >= 15 is 0 Å². The summed E-state index contributed by atoms with van der Waals surface area (Å²) in [5, 5.41) is 7.66. The molecule has 2 amide bonds. The maximum absolute atomic E-state index is 13.5. The molecule has 0 N–H and O–H groups in total. The first-order chi connectivity index (χ1) is 17.6. The first-order valence-corrected chi connectivity index (χ1v) is 12.4. The highest BCUT2D eigenvalue weighted by atomic mass is 16.5. The van der Waals surface area contributed by atoms with Crippen molar-refractivity contribution in [3.63, 3.8) is 0 Å². The third-order valence-electron chi connectivity index (χ3n) is 6.25. The van der Waals surface area contributed by atoms with Crippen LogP contribution in [0.3, 0.4) is 0 Å². The molecule has 36 heavy (non-hydrogen) atoms. The number of benzene rings is 2. The number of urea groups is 1. The number of hydrogen-bond donors (Lipinski definition) is 0. The van der Waals surface area contributed by atoms with Crippen LogP contribution in [0.25, 0.3) is 0 Å². The minimum Gasteiger partial charge on any atom is -0.496 e. The van der Waals surface area contributed by atoms with Crippen LogP contribution in [0, 0.1) is 0 Å². The molecule has 1 saturated heterocycles. The lowest BCUT2D eigenvalue weighted by Crippen LogP contribution is -2.49. The van der Waals surface area contributed by atoms with Gasteiger partial charge in [-0.05, 0) is 36.6 Å². The molecule has 0 bridgehead atoms. The van der Waals surface area contributed by atoms with Crippen LogP contribution in [0.1, 0.15) is 49.6 Å². The predicted octanol–water partition coefficient (Wildman–Crippen LogP) is 5.08. The van der Waals surface area contributed by atoms with Gasteiger partial charge >= 0.3 is 6.03 Å². The molecule has 0 saturated carbocycles. The van der Waals surface area contributed by atoms with Crippen LogP contribution in [-0.4, -0.2) is 55.0 Å². The van der Waals surface area contributed by atoms with Gasteiger partial charge in [-0.2, -0.15) is 0 Å². The van der Waals surface area contributed by atoms with E-state index in [1.807, 2.05) is 41.3 Å². The average molecular weight is 495 g/mol. The molecule has 0 aliphatic carbocycles. The smallest absolute Gasteiger partial charge is 0.324 e. The Morgan fingerprint density at radius 3 is 2.61 bits per heavy atom. The van der Waals surface area contributed by atoms with Crippen molar-refractivity contribution in [3.05, 3.63) is 59.8 Å². The second-order valence-corrected chi connectivity index (χ2v) is 8.76. The molecule has 1 fully saturated rings. The minimum absolute atomic E-state index is 0.0414. The maximum atomic E-state index is 13.5. The standard InChI is InChI=1S/C27H34N4O5/c1-4-5-6-14-35-25-17-22(10-11-23(25)33-2)31-13-7-12-30(27(31)32)18-21-9-8-20(15-24(21)34-3)16-26-29-28-19-36-26/h8-11,15,17,19H,4-7,12-14,16,18H2,1-3H3. The lowest BCUT2D eigenvalue weighted by atomic mass is 10.1. The van der Waals surface area contributed by atoms with Gasteiger partial charge in [-0.25, -0.2) is 4.79 Å². The van der Waals surface area contributed by atoms with Crippen molar-refractivity contribution in [3.8, 4) is 17.2 Å². The Bertz CT molecular complexity index is 1140. The highest BCUT2D eigenvalue weighted by Crippen LogP contribution is 2.34. The van der Waals surface area contributed by atoms with E-state index in [9.17, 15) is 4.79 Å². The Hall–Kier alpha value is -3.75. The van der Waals surface area contributed by atoms with E-state index in [1.165, 1.54) is 6.39 Å². The van der Waals surface area contributed by atoms with Gasteiger partial charge in [0.15, 0.2) is 11.5 Å². The summed E-state index contributed by atoms with van der Waals surface area (Å²) < 4.78 is 22.4. The topological polar surface area (TPSA) is 90.2 Å². The molecule has 0 radical (unpaired) electrons. The van der Waals surface area contributed by atoms with Crippen LogP contribution >= 0.6 is 0 Å². The molecule has 1 aliphatic rings. The number of methoxy groups -OCH3 is 2. The molecule has 0 atom stereocenters. The molecule has 1 aromatic heterocycles. The Kier molecular flexibility index (Phi) is 8.65. The van der Waals surface area contributed by atoms with E-state index in [4.69, 9.17) is 18.6 Å². The number of hydrogen-bond acceptors (Lipinski definition) is 7. The first-order valence-electron chi connectivity index (χ1n) is 12.4. The number of amides is 2. The summed E-state index contributed by atoms with van der Waals surface area (Å²) >= 11 is 0. The quantitative estimate of drug-likeness (QED) is 0.324. The largest absolute Gasteiger partial charge is 0.496 e. The SMILES string of the molecule is CCCCCOc1cc(N2CCCN(Cc3ccc(Cc4nnco4)cc3OC)C2=O)ccc1OC. The van der Waals surface area contributed by atoms with Gasteiger partial charge < -0.3 is 23.5 Å². The van der Waals surface area contributed by atoms with Crippen molar-refractivity contribution in [1.29, 1.82) is 0 Å². The second kappa shape index (κ2) is 12.3. The zero-order valence-electron chi connectivity index (χ0n) is 21.2. The van der Waals surface area contributed by atoms with Crippen molar-refractivity contribution >= 4 is 11.7 Å². The van der Waals surface area contributed by atoms with Gasteiger partial charge in [0.2, 0.25) is 12.3 Å². The highest BCUT2D eigenvalue weighted by molar-refractivity contribution is 5.93. The molecule has 9 heteroatoms. The Morgan fingerprint density at radius 2 is 1.86 bits per heavy atom. The summed E-state index contributed by atoms with van der Waals surface area (Å²) in [5.74, 6) is 2.60. The first kappa shape index (κ1) is 25.3. The van der Waals surface area contributed by atoms with Gasteiger partial charge in [0.25, 0.3) is 0 Å². The van der Waals surface area contributed by atoms with Crippen LogP contribution < -0.4 is 19.1 Å². The highest BCUT2D eigenvalue weighted by Gasteiger charge is 2.28. The summed E-state index contributed by atoms with van der Waals surface area (Å²) in [4.78, 5) is 17.1. The van der Waals surface area contributed by atoms with Crippen molar-refractivity contribution in [2.75, 3.05) is 38.8 Å². The average Bonchev–Trinajstić information content (AvgIpc) is 3.41. The van der Waals surface area contributed by atoms with E-state index in [1.54, 1.807) is 19.1 Å². The van der Waals surface area contributed by atoms with Crippen LogP contribution in [0.15, 0.2) is 47.2 Å². The number of aromatic nitrogens is 2. The number of anilines is 1. The Balaban J connectivity index is 1.47. The molecule has 0 unspecified atom stereocenters. The lowest BCUT2D eigenvalue weighted by molar-refractivity contribution is 0.191. The molecule has 9 nitrogen and oxygen atoms in total. The van der Waals surface area contributed by atoms with Crippen LogP contribution in [0.5, 0.6) is 17.2 Å². The fourth-order valence-electron chi connectivity index (χ4n) is 4.33. The van der Waals surface area contributed by atoms with Gasteiger partial charge in [-0.1, -0.05) is 31.9 Å². The van der Waals surface area contributed by atoms with Crippen molar-refractivity contribution < 1.29 is 23.4 Å². The van der Waals surface area contributed by atoms with E-state index in [2.05, 4.69) is 17.1 Å². The molecule has 3 aromatic rings. The van der Waals surface area contributed by atoms with Gasteiger partial charge in [0, 0.05) is 30.4 Å². The fraction of sp³-hybridized carbons (Fsp3) is 0.444. The van der Waals surface area contributed by atoms with Crippen molar-refractivity contribution in [2.45, 2.75) is 45.6 Å². The number of rotatable bonds is 12. The molecular weight excluding hydrogens is 460 g/mol. The minimum atomic E-state index is -0.0414. The van der Waals surface area contributed by atoms with E-state index < -0.39 is 0 Å². The fourth-order valence-corrected chi connectivity index (χ4v) is 4.33. The predicted molar refractivity (Wildman–Crippen MR) is 136 cm³/mol. The molecule has 1 aliphatic heterocycles. The van der Waals surface area contributed by atoms with Crippen LogP contribution in [0.2, 0.25) is 0 Å². The summed E-state index contributed by atoms with van der Waals surface area (Å²) in [7, 11) is 3.27. The number of carbonyl (C=O) groups is 1. The van der Waals surface area contributed by atoms with Gasteiger partial charge in [0.1, 0.15) is 5.75 Å². The third kappa shape index (κ3) is 6.08. The Labute approximate surface area is 212 Å². The zero-order valence-corrected chi connectivity index (χ0v) is 21.2. The molecular formula is C27H34N4O5. The van der Waals surface area contributed by atoms with E-state index in [0.29, 0.717) is 50.1 Å². The molecule has 192 valence electrons. The lowest BCUT2D eigenvalue weighted by Gasteiger charge is -2.36. The number of unbranched alkanes of at least 4 members (excludes halogenated alkanes) is 2. The van der Waals surface area contributed by atoms with Crippen molar-refractivity contribution in [1.82, 2.24) is 15.1 Å². The van der Waals surface area contributed by atoms with Crippen LogP contribution in [0.4, 0.5) is 10.5 Å². The maximum Gasteiger partial charge on any atom is 0.324 e. The number of ether oxygens (including phenoxy) is 3. The zero-order chi connectivity index (χ0) is 25.3. The molecule has 2 aromatic carbocycles. The Morgan fingerprint density at radius 1 is 1.00 bits per heavy atom. The summed E-state index contributed by atoms with van der Waals surface area (Å²) in [5.41, 5.74) is 2.74. The van der Waals surface area contributed by atoms with Crippen molar-refractivity contribution in [2.24, 2.45) is 0 Å². The summed E-state index contributed by atoms with van der Waals surface area (Å²) in [6.45, 7) is 4.57. The van der Waals surface area contributed by atoms with Crippen LogP contribution in [-0.2, 0) is 13.0 Å². The summed E-state index contributed by atoms with van der Waals surface area (Å²) in [6.07, 6.45) is 5.93. The second-order valence-electron chi connectivity index (χ2n) is 8.76. The van der Waals surface area contributed by atoms with E-state index in [-0.39, 0.29) is 6.03 Å². The molecule has 2 heterocycles.